The molecule has 0 spiro atoms. The molecule has 0 aliphatic rings. The molecule has 0 aliphatic heterocycles. The van der Waals surface area contributed by atoms with E-state index in [1.165, 1.54) is 12.1 Å². The number of rotatable bonds is 24. The quantitative estimate of drug-likeness (QED) is 0.0366. The summed E-state index contributed by atoms with van der Waals surface area (Å²) in [4.78, 5) is 95.6. The first-order valence-corrected chi connectivity index (χ1v) is 22.4. The minimum atomic E-state index is -1.84. The number of aliphatic carboxylic acids is 1. The number of nitrogens with one attached hydrogen (secondary N) is 4. The lowest BCUT2D eigenvalue weighted by Crippen LogP contribution is -2.61. The number of carboxylic acid groups (broad SMARTS) is 1. The lowest BCUT2D eigenvalue weighted by molar-refractivity contribution is -0.150. The van der Waals surface area contributed by atoms with E-state index in [2.05, 4.69) is 21.3 Å². The van der Waals surface area contributed by atoms with E-state index in [1.807, 2.05) is 12.1 Å². The number of phenolic OH excluding ortho intramolecular Hbond substituents is 1. The topological polar surface area (TPSA) is 262 Å². The molecule has 0 bridgehead atoms. The number of aromatic hydroxyl groups is 1. The molecule has 0 aliphatic carbocycles. The molecule has 6 atom stereocenters. The first kappa shape index (κ1) is 53.3. The van der Waals surface area contributed by atoms with Crippen LogP contribution in [0.4, 0.5) is 4.79 Å². The van der Waals surface area contributed by atoms with Gasteiger partial charge in [0, 0.05) is 6.42 Å². The summed E-state index contributed by atoms with van der Waals surface area (Å²) in [6.45, 7) is 8.01. The molecule has 0 fully saturated rings. The van der Waals surface area contributed by atoms with E-state index in [0.29, 0.717) is 16.7 Å². The summed E-state index contributed by atoms with van der Waals surface area (Å²) in [5.41, 5.74) is 7.72. The van der Waals surface area contributed by atoms with E-state index in [4.69, 9.17) is 19.9 Å². The molecule has 2 unspecified atom stereocenters. The van der Waals surface area contributed by atoms with Crippen molar-refractivity contribution in [2.45, 2.75) is 116 Å². The second kappa shape index (κ2) is 26.2. The Kier molecular flexibility index (Phi) is 20.5. The molecule has 4 aromatic rings. The van der Waals surface area contributed by atoms with E-state index >= 15 is 0 Å². The van der Waals surface area contributed by atoms with E-state index in [1.54, 1.807) is 126 Å². The van der Waals surface area contributed by atoms with Crippen LogP contribution in [0.1, 0.15) is 76.1 Å². The smallest absolute Gasteiger partial charge is 0.408 e. The van der Waals surface area contributed by atoms with Gasteiger partial charge in [-0.1, -0.05) is 117 Å². The van der Waals surface area contributed by atoms with Crippen molar-refractivity contribution in [3.8, 4) is 5.75 Å². The number of ether oxygens (including phenoxy) is 3. The fourth-order valence-corrected chi connectivity index (χ4v) is 6.96. The van der Waals surface area contributed by atoms with Crippen molar-refractivity contribution in [3.05, 3.63) is 138 Å². The molecule has 17 nitrogen and oxygen atoms in total. The highest BCUT2D eigenvalue weighted by Crippen LogP contribution is 2.18. The molecular formula is C51H63N5O12. The minimum Gasteiger partial charge on any atom is -0.508 e. The highest BCUT2D eigenvalue weighted by atomic mass is 16.6. The maximum atomic E-state index is 14.5. The van der Waals surface area contributed by atoms with Crippen molar-refractivity contribution in [1.82, 2.24) is 21.3 Å². The lowest BCUT2D eigenvalue weighted by Gasteiger charge is -2.30. The summed E-state index contributed by atoms with van der Waals surface area (Å²) in [6.07, 6.45) is -1.28. The zero-order valence-corrected chi connectivity index (χ0v) is 39.0. The van der Waals surface area contributed by atoms with Gasteiger partial charge in [0.1, 0.15) is 54.8 Å². The van der Waals surface area contributed by atoms with Crippen molar-refractivity contribution < 1.29 is 58.0 Å². The summed E-state index contributed by atoms with van der Waals surface area (Å²) < 4.78 is 16.4. The van der Waals surface area contributed by atoms with Gasteiger partial charge >= 0.3 is 24.0 Å². The Bertz CT molecular complexity index is 2270. The number of carbonyl (C=O) groups is 7. The highest BCUT2D eigenvalue weighted by Gasteiger charge is 2.40. The molecule has 0 saturated heterocycles. The number of esters is 2. The van der Waals surface area contributed by atoms with Gasteiger partial charge in [-0.2, -0.15) is 0 Å². The zero-order chi connectivity index (χ0) is 49.8. The van der Waals surface area contributed by atoms with Crippen LogP contribution in [0.25, 0.3) is 0 Å². The van der Waals surface area contributed by atoms with Gasteiger partial charge in [0.2, 0.25) is 17.7 Å². The summed E-state index contributed by atoms with van der Waals surface area (Å²) in [5.74, 6) is -8.00. The number of alkyl carbamates (subject to hydrolysis) is 1. The maximum Gasteiger partial charge on any atom is 0.408 e. The van der Waals surface area contributed by atoms with Gasteiger partial charge in [0.05, 0.1) is 5.92 Å². The van der Waals surface area contributed by atoms with Crippen LogP contribution < -0.4 is 27.0 Å². The molecule has 17 heteroatoms. The molecular weight excluding hydrogens is 875 g/mol. The third-order valence-electron chi connectivity index (χ3n) is 10.6. The summed E-state index contributed by atoms with van der Waals surface area (Å²) in [5, 5.41) is 30.9. The van der Waals surface area contributed by atoms with Crippen LogP contribution in [0.3, 0.4) is 0 Å². The van der Waals surface area contributed by atoms with Crippen LogP contribution in [-0.2, 0) is 69.0 Å². The molecule has 4 rings (SSSR count). The molecule has 0 heterocycles. The number of nitrogens with two attached hydrogens (primary N) is 1. The number of phenols is 1. The van der Waals surface area contributed by atoms with Crippen LogP contribution in [0.15, 0.2) is 115 Å². The monoisotopic (exact) mass is 937 g/mol. The predicted molar refractivity (Wildman–Crippen MR) is 251 cm³/mol. The second-order valence-corrected chi connectivity index (χ2v) is 17.7. The fraction of sp³-hybridized carbons (Fsp3) is 0.392. The van der Waals surface area contributed by atoms with Crippen molar-refractivity contribution in [3.63, 3.8) is 0 Å². The highest BCUT2D eigenvalue weighted by molar-refractivity contribution is 5.97. The maximum absolute atomic E-state index is 14.5. The van der Waals surface area contributed by atoms with Crippen LogP contribution in [-0.4, -0.2) is 87.7 Å². The van der Waals surface area contributed by atoms with E-state index < -0.39 is 89.4 Å². The normalized spacial score (nSPS) is 13.9. The Morgan fingerprint density at radius 2 is 1.06 bits per heavy atom. The van der Waals surface area contributed by atoms with Crippen molar-refractivity contribution >= 4 is 41.7 Å². The number of amides is 4. The third kappa shape index (κ3) is 18.2. The molecule has 0 saturated carbocycles. The first-order chi connectivity index (χ1) is 32.3. The van der Waals surface area contributed by atoms with Crippen LogP contribution in [0, 0.1) is 11.8 Å². The number of benzene rings is 4. The third-order valence-corrected chi connectivity index (χ3v) is 10.6. The van der Waals surface area contributed by atoms with Gasteiger partial charge in [-0.05, 0) is 86.8 Å². The Balaban J connectivity index is 1.59. The number of hydrogen-bond donors (Lipinski definition) is 7. The molecule has 8 N–H and O–H groups in total. The largest absolute Gasteiger partial charge is 0.508 e. The Morgan fingerprint density at radius 1 is 0.574 bits per heavy atom. The van der Waals surface area contributed by atoms with Gasteiger partial charge in [-0.25, -0.2) is 9.59 Å². The van der Waals surface area contributed by atoms with Gasteiger partial charge < -0.3 is 51.4 Å². The molecule has 0 radical (unpaired) electrons. The Hall–Kier alpha value is -7.27. The Morgan fingerprint density at radius 3 is 1.57 bits per heavy atom. The van der Waals surface area contributed by atoms with Crippen molar-refractivity contribution in [2.75, 3.05) is 0 Å². The average molecular weight is 938 g/mol. The predicted octanol–water partition coefficient (Wildman–Crippen LogP) is 4.87. The Labute approximate surface area is 396 Å². The zero-order valence-electron chi connectivity index (χ0n) is 39.0. The van der Waals surface area contributed by atoms with Crippen molar-refractivity contribution in [2.24, 2.45) is 17.6 Å². The molecule has 68 heavy (non-hydrogen) atoms. The van der Waals surface area contributed by atoms with Gasteiger partial charge in [0.25, 0.3) is 0 Å². The summed E-state index contributed by atoms with van der Waals surface area (Å²) in [6, 6.07) is 25.3. The van der Waals surface area contributed by atoms with Gasteiger partial charge in [-0.15, -0.1) is 0 Å². The van der Waals surface area contributed by atoms with E-state index in [9.17, 15) is 43.8 Å². The molecule has 4 aromatic carbocycles. The van der Waals surface area contributed by atoms with E-state index in [0.717, 1.165) is 5.56 Å². The number of hydrogen-bond acceptors (Lipinski definition) is 12. The fourth-order valence-electron chi connectivity index (χ4n) is 6.96. The van der Waals surface area contributed by atoms with Gasteiger partial charge in [0.15, 0.2) is 0 Å². The average Bonchev–Trinajstić information content (AvgIpc) is 3.30. The number of carboxylic acids is 1. The summed E-state index contributed by atoms with van der Waals surface area (Å²) in [7, 11) is 0. The first-order valence-electron chi connectivity index (χ1n) is 22.4. The molecule has 4 amide bonds. The molecule has 364 valence electrons. The SMILES string of the molecule is CC(C)[C@H](NC(=O)[C@@H](NC(=O)[C@H](CCCC(N)C(=O)OCc1ccccc1)NC(=O)OC(C)(C)C)C(Cc1ccccc1)C(=O)O)C(=O)N[C@@H](Cc1ccc(O)cc1)C(=O)OCc1ccccc1. The van der Waals surface area contributed by atoms with Crippen molar-refractivity contribution in [1.29, 1.82) is 0 Å². The van der Waals surface area contributed by atoms with Gasteiger partial charge in [-0.3, -0.25) is 24.0 Å². The van der Waals surface area contributed by atoms with Crippen LogP contribution in [0.5, 0.6) is 5.75 Å². The standard InChI is InChI=1S/C51H63N5O12/c1-32(2)42(45(59)53-41(29-34-24-26-37(57)27-25-34)49(64)67-31-36-20-13-8-14-21-36)55-46(60)43(38(47(61)62)28-33-16-9-6-10-17-33)56-44(58)40(54-50(65)68-51(3,4)5)23-15-22-39(52)48(63)66-30-35-18-11-7-12-19-35/h6-14,16-21,24-27,32,38-43,57H,15,22-23,28-31,52H2,1-5H3,(H,53,59)(H,54,65)(H,55,60)(H,56,58)(H,61,62)/t38?,39?,40-,41-,42-,43-/m0/s1. The van der Waals surface area contributed by atoms with Crippen LogP contribution >= 0.6 is 0 Å². The molecule has 0 aromatic heterocycles. The minimum absolute atomic E-state index is 0.00318. The number of carbonyl (C=O) groups excluding carboxylic acids is 6. The van der Waals surface area contributed by atoms with Crippen LogP contribution in [0.2, 0.25) is 0 Å². The lowest BCUT2D eigenvalue weighted by atomic mass is 9.90. The second-order valence-electron chi connectivity index (χ2n) is 17.7. The van der Waals surface area contributed by atoms with E-state index in [-0.39, 0.29) is 51.1 Å². The summed E-state index contributed by atoms with van der Waals surface area (Å²) >= 11 is 0.